The molecule has 0 amide bonds. The number of carbonyl (C=O) groups is 1. The van der Waals surface area contributed by atoms with Gasteiger partial charge in [0.15, 0.2) is 0 Å². The fourth-order valence-corrected chi connectivity index (χ4v) is 2.67. The van der Waals surface area contributed by atoms with Crippen molar-refractivity contribution < 1.29 is 9.53 Å². The van der Waals surface area contributed by atoms with Gasteiger partial charge < -0.3 is 9.30 Å². The summed E-state index contributed by atoms with van der Waals surface area (Å²) in [5.74, 6) is -0.441. The molecule has 21 heavy (non-hydrogen) atoms. The molecule has 0 radical (unpaired) electrons. The molecule has 2 aromatic rings. The molecular formula is C15H19N3O3. The number of ether oxygens (including phenoxy) is 1. The van der Waals surface area contributed by atoms with Gasteiger partial charge in [0.05, 0.1) is 12.8 Å². The van der Waals surface area contributed by atoms with E-state index < -0.39 is 5.97 Å². The van der Waals surface area contributed by atoms with Gasteiger partial charge in [0.2, 0.25) is 0 Å². The Morgan fingerprint density at radius 3 is 2.38 bits per heavy atom. The highest BCUT2D eigenvalue weighted by molar-refractivity contribution is 5.91. The second-order valence-electron chi connectivity index (χ2n) is 5.16. The first-order valence-corrected chi connectivity index (χ1v) is 6.59. The molecule has 0 aromatic carbocycles. The van der Waals surface area contributed by atoms with E-state index in [1.165, 1.54) is 11.8 Å². The maximum atomic E-state index is 12.1. The van der Waals surface area contributed by atoms with Crippen LogP contribution in [0.4, 0.5) is 0 Å². The summed E-state index contributed by atoms with van der Waals surface area (Å²) in [6.45, 7) is 5.51. The predicted molar refractivity (Wildman–Crippen MR) is 79.4 cm³/mol. The van der Waals surface area contributed by atoms with Crippen LogP contribution in [0.25, 0.3) is 11.4 Å². The van der Waals surface area contributed by atoms with Crippen LogP contribution in [0.5, 0.6) is 0 Å². The number of pyridine rings is 1. The van der Waals surface area contributed by atoms with Crippen molar-refractivity contribution in [1.82, 2.24) is 14.3 Å². The summed E-state index contributed by atoms with van der Waals surface area (Å²) >= 11 is 0. The number of methoxy groups -OCH3 is 1. The summed E-state index contributed by atoms with van der Waals surface area (Å²) in [5.41, 5.74) is 3.98. The standard InChI is InChI=1S/C15H19N3O3/c1-8-7-9(2)14(19)17(4)12(8)11-10(3)13(15(20)21-6)18(5)16-11/h7H,1-6H3. The Morgan fingerprint density at radius 2 is 1.81 bits per heavy atom. The van der Waals surface area contributed by atoms with Gasteiger partial charge in [0.1, 0.15) is 11.4 Å². The molecule has 2 aromatic heterocycles. The third-order valence-corrected chi connectivity index (χ3v) is 3.67. The fourth-order valence-electron chi connectivity index (χ4n) is 2.67. The second-order valence-corrected chi connectivity index (χ2v) is 5.16. The fraction of sp³-hybridized carbons (Fsp3) is 0.400. The molecule has 0 aliphatic heterocycles. The van der Waals surface area contributed by atoms with E-state index in [4.69, 9.17) is 4.74 Å². The molecule has 112 valence electrons. The largest absolute Gasteiger partial charge is 0.464 e. The summed E-state index contributed by atoms with van der Waals surface area (Å²) in [6, 6.07) is 1.84. The smallest absolute Gasteiger partial charge is 0.356 e. The van der Waals surface area contributed by atoms with Crippen LogP contribution < -0.4 is 5.56 Å². The van der Waals surface area contributed by atoms with Gasteiger partial charge in [-0.15, -0.1) is 0 Å². The molecule has 6 heteroatoms. The third-order valence-electron chi connectivity index (χ3n) is 3.67. The van der Waals surface area contributed by atoms with Gasteiger partial charge in [0, 0.05) is 25.2 Å². The lowest BCUT2D eigenvalue weighted by Crippen LogP contribution is -2.22. The van der Waals surface area contributed by atoms with Crippen LogP contribution in [-0.4, -0.2) is 27.4 Å². The zero-order chi connectivity index (χ0) is 15.9. The van der Waals surface area contributed by atoms with Crippen LogP contribution in [0.1, 0.15) is 27.2 Å². The van der Waals surface area contributed by atoms with Crippen molar-refractivity contribution in [2.75, 3.05) is 7.11 Å². The summed E-state index contributed by atoms with van der Waals surface area (Å²) in [6.07, 6.45) is 0. The van der Waals surface area contributed by atoms with Gasteiger partial charge >= 0.3 is 5.97 Å². The number of carbonyl (C=O) groups excluding carboxylic acids is 1. The monoisotopic (exact) mass is 289 g/mol. The van der Waals surface area contributed by atoms with E-state index in [-0.39, 0.29) is 5.56 Å². The topological polar surface area (TPSA) is 66.1 Å². The number of hydrogen-bond donors (Lipinski definition) is 0. The van der Waals surface area contributed by atoms with E-state index in [1.807, 2.05) is 13.0 Å². The van der Waals surface area contributed by atoms with Gasteiger partial charge in [-0.2, -0.15) is 5.10 Å². The summed E-state index contributed by atoms with van der Waals surface area (Å²) in [7, 11) is 4.73. The van der Waals surface area contributed by atoms with Crippen molar-refractivity contribution in [3.05, 3.63) is 38.8 Å². The highest BCUT2D eigenvalue weighted by atomic mass is 16.5. The zero-order valence-corrected chi connectivity index (χ0v) is 13.1. The number of esters is 1. The van der Waals surface area contributed by atoms with Crippen LogP contribution >= 0.6 is 0 Å². The van der Waals surface area contributed by atoms with Crippen molar-refractivity contribution in [3.8, 4) is 11.4 Å². The quantitative estimate of drug-likeness (QED) is 0.786. The molecule has 0 aliphatic carbocycles. The SMILES string of the molecule is COC(=O)c1c(C)c(-c2c(C)cc(C)c(=O)n2C)nn1C. The molecule has 0 unspecified atom stereocenters. The highest BCUT2D eigenvalue weighted by Crippen LogP contribution is 2.26. The molecule has 0 aliphatic rings. The Labute approximate surface area is 123 Å². The number of rotatable bonds is 2. The third kappa shape index (κ3) is 2.26. The van der Waals surface area contributed by atoms with E-state index in [0.29, 0.717) is 28.2 Å². The van der Waals surface area contributed by atoms with Gasteiger partial charge in [-0.25, -0.2) is 4.79 Å². The summed E-state index contributed by atoms with van der Waals surface area (Å²) < 4.78 is 7.84. The van der Waals surface area contributed by atoms with Crippen molar-refractivity contribution in [2.24, 2.45) is 14.1 Å². The molecule has 2 heterocycles. The molecule has 0 bridgehead atoms. The maximum Gasteiger partial charge on any atom is 0.356 e. The lowest BCUT2D eigenvalue weighted by molar-refractivity contribution is 0.0587. The lowest BCUT2D eigenvalue weighted by atomic mass is 10.1. The van der Waals surface area contributed by atoms with Crippen LogP contribution in [0.15, 0.2) is 10.9 Å². The molecular weight excluding hydrogens is 270 g/mol. The van der Waals surface area contributed by atoms with Crippen LogP contribution in [-0.2, 0) is 18.8 Å². The zero-order valence-electron chi connectivity index (χ0n) is 13.1. The minimum absolute atomic E-state index is 0.0692. The first kappa shape index (κ1) is 15.0. The van der Waals surface area contributed by atoms with E-state index in [2.05, 4.69) is 5.10 Å². The molecule has 0 fully saturated rings. The van der Waals surface area contributed by atoms with Crippen molar-refractivity contribution >= 4 is 5.97 Å². The molecule has 0 atom stereocenters. The first-order valence-electron chi connectivity index (χ1n) is 6.59. The minimum atomic E-state index is -0.441. The van der Waals surface area contributed by atoms with Gasteiger partial charge in [-0.3, -0.25) is 9.48 Å². The second kappa shape index (κ2) is 5.20. The normalized spacial score (nSPS) is 10.8. The number of aryl methyl sites for hydroxylation is 3. The summed E-state index contributed by atoms with van der Waals surface area (Å²) in [5, 5.41) is 4.40. The number of aromatic nitrogens is 3. The van der Waals surface area contributed by atoms with E-state index in [9.17, 15) is 9.59 Å². The van der Waals surface area contributed by atoms with Gasteiger partial charge in [-0.1, -0.05) is 0 Å². The van der Waals surface area contributed by atoms with Crippen LogP contribution in [0.3, 0.4) is 0 Å². The van der Waals surface area contributed by atoms with Crippen LogP contribution in [0, 0.1) is 20.8 Å². The van der Waals surface area contributed by atoms with Gasteiger partial charge in [0.25, 0.3) is 5.56 Å². The van der Waals surface area contributed by atoms with Crippen molar-refractivity contribution in [1.29, 1.82) is 0 Å². The molecule has 0 N–H and O–H groups in total. The molecule has 0 saturated heterocycles. The maximum absolute atomic E-state index is 12.1. The first-order chi connectivity index (χ1) is 9.79. The Kier molecular flexibility index (Phi) is 3.72. The molecule has 2 rings (SSSR count). The summed E-state index contributed by atoms with van der Waals surface area (Å²) in [4.78, 5) is 24.0. The predicted octanol–water partition coefficient (Wildman–Crippen LogP) is 1.50. The Morgan fingerprint density at radius 1 is 1.19 bits per heavy atom. The van der Waals surface area contributed by atoms with E-state index >= 15 is 0 Å². The van der Waals surface area contributed by atoms with E-state index in [0.717, 1.165) is 5.56 Å². The average Bonchev–Trinajstić information content (AvgIpc) is 2.71. The van der Waals surface area contributed by atoms with Crippen molar-refractivity contribution in [2.45, 2.75) is 20.8 Å². The van der Waals surface area contributed by atoms with E-state index in [1.54, 1.807) is 32.5 Å². The average molecular weight is 289 g/mol. The Balaban J connectivity index is 2.79. The minimum Gasteiger partial charge on any atom is -0.464 e. The molecule has 0 saturated carbocycles. The number of hydrogen-bond acceptors (Lipinski definition) is 4. The van der Waals surface area contributed by atoms with Gasteiger partial charge in [-0.05, 0) is 32.4 Å². The number of nitrogens with zero attached hydrogens (tertiary/aromatic N) is 3. The van der Waals surface area contributed by atoms with Crippen LogP contribution in [0.2, 0.25) is 0 Å². The Hall–Kier alpha value is -2.37. The van der Waals surface area contributed by atoms with Crippen molar-refractivity contribution in [3.63, 3.8) is 0 Å². The molecule has 6 nitrogen and oxygen atoms in total. The Bertz CT molecular complexity index is 784. The highest BCUT2D eigenvalue weighted by Gasteiger charge is 2.23. The molecule has 0 spiro atoms. The lowest BCUT2D eigenvalue weighted by Gasteiger charge is -2.11.